The fourth-order valence-electron chi connectivity index (χ4n) is 4.50. The SMILES string of the molecule is CN(C(=O)CSc1nnc([C@@H]2CCS(=O)(=O)C2)o1)[C@@]1(c2ccccc2Cl)CCCCC1=O. The molecule has 1 aliphatic heterocycles. The molecule has 8 nitrogen and oxygen atoms in total. The van der Waals surface area contributed by atoms with Gasteiger partial charge in [0, 0.05) is 24.1 Å². The van der Waals surface area contributed by atoms with E-state index in [1.165, 1.54) is 4.90 Å². The molecule has 1 aliphatic carbocycles. The molecule has 1 aromatic carbocycles. The lowest BCUT2D eigenvalue weighted by atomic mass is 9.74. The van der Waals surface area contributed by atoms with Gasteiger partial charge in [0.1, 0.15) is 5.54 Å². The summed E-state index contributed by atoms with van der Waals surface area (Å²) in [5.74, 6) is -0.171. The predicted molar refractivity (Wildman–Crippen MR) is 120 cm³/mol. The van der Waals surface area contributed by atoms with Crippen molar-refractivity contribution in [3.63, 3.8) is 0 Å². The second-order valence-corrected chi connectivity index (χ2v) is 11.8. The first-order valence-corrected chi connectivity index (χ1v) is 13.6. The number of rotatable bonds is 6. The summed E-state index contributed by atoms with van der Waals surface area (Å²) < 4.78 is 29.0. The molecule has 2 heterocycles. The van der Waals surface area contributed by atoms with Crippen molar-refractivity contribution in [3.05, 3.63) is 40.7 Å². The van der Waals surface area contributed by atoms with Gasteiger partial charge < -0.3 is 9.32 Å². The number of carbonyl (C=O) groups excluding carboxylic acids is 2. The summed E-state index contributed by atoms with van der Waals surface area (Å²) in [4.78, 5) is 27.8. The molecule has 0 unspecified atom stereocenters. The van der Waals surface area contributed by atoms with Crippen molar-refractivity contribution in [2.24, 2.45) is 0 Å². The third kappa shape index (κ3) is 4.45. The summed E-state index contributed by atoms with van der Waals surface area (Å²) in [7, 11) is -1.43. The number of hydrogen-bond donors (Lipinski definition) is 0. The molecule has 1 saturated heterocycles. The van der Waals surface area contributed by atoms with Crippen molar-refractivity contribution < 1.29 is 22.4 Å². The summed E-state index contributed by atoms with van der Waals surface area (Å²) in [6, 6.07) is 7.16. The first-order chi connectivity index (χ1) is 15.2. The summed E-state index contributed by atoms with van der Waals surface area (Å²) in [6.07, 6.45) is 2.98. The van der Waals surface area contributed by atoms with Gasteiger partial charge >= 0.3 is 0 Å². The zero-order chi connectivity index (χ0) is 22.9. The average molecular weight is 498 g/mol. The van der Waals surface area contributed by atoms with Gasteiger partial charge in [-0.3, -0.25) is 9.59 Å². The molecule has 1 saturated carbocycles. The van der Waals surface area contributed by atoms with E-state index in [0.29, 0.717) is 29.8 Å². The molecule has 32 heavy (non-hydrogen) atoms. The Hall–Kier alpha value is -1.91. The lowest BCUT2D eigenvalue weighted by molar-refractivity contribution is -0.146. The Morgan fingerprint density at radius 2 is 2.09 bits per heavy atom. The van der Waals surface area contributed by atoms with Crippen LogP contribution in [-0.2, 0) is 25.0 Å². The number of ketones is 1. The van der Waals surface area contributed by atoms with Gasteiger partial charge in [-0.1, -0.05) is 41.6 Å². The highest BCUT2D eigenvalue weighted by Gasteiger charge is 2.47. The number of hydrogen-bond acceptors (Lipinski definition) is 8. The number of thioether (sulfide) groups is 1. The van der Waals surface area contributed by atoms with E-state index in [9.17, 15) is 18.0 Å². The normalized spacial score (nSPS) is 25.1. The molecule has 2 aromatic rings. The van der Waals surface area contributed by atoms with E-state index in [4.69, 9.17) is 16.0 Å². The highest BCUT2D eigenvalue weighted by atomic mass is 35.5. The number of carbonyl (C=O) groups is 2. The molecular weight excluding hydrogens is 474 g/mol. The third-order valence-electron chi connectivity index (χ3n) is 6.24. The number of sulfone groups is 1. The van der Waals surface area contributed by atoms with Crippen LogP contribution in [0.15, 0.2) is 33.9 Å². The van der Waals surface area contributed by atoms with Crippen LogP contribution in [0.4, 0.5) is 0 Å². The van der Waals surface area contributed by atoms with Crippen molar-refractivity contribution in [1.82, 2.24) is 15.1 Å². The highest BCUT2D eigenvalue weighted by Crippen LogP contribution is 2.42. The zero-order valence-electron chi connectivity index (χ0n) is 17.6. The largest absolute Gasteiger partial charge is 0.416 e. The van der Waals surface area contributed by atoms with Crippen LogP contribution in [-0.4, -0.2) is 59.5 Å². The minimum atomic E-state index is -3.06. The van der Waals surface area contributed by atoms with E-state index >= 15 is 0 Å². The second-order valence-electron chi connectivity index (χ2n) is 8.22. The number of amides is 1. The van der Waals surface area contributed by atoms with E-state index in [2.05, 4.69) is 10.2 Å². The Morgan fingerprint density at radius 1 is 1.31 bits per heavy atom. The first kappa shape index (κ1) is 23.3. The molecule has 172 valence electrons. The van der Waals surface area contributed by atoms with E-state index < -0.39 is 15.4 Å². The number of nitrogens with zero attached hydrogens (tertiary/aromatic N) is 3. The van der Waals surface area contributed by atoms with E-state index in [1.54, 1.807) is 19.2 Å². The maximum atomic E-state index is 13.1. The van der Waals surface area contributed by atoms with E-state index in [0.717, 1.165) is 24.6 Å². The maximum Gasteiger partial charge on any atom is 0.277 e. The fraction of sp³-hybridized carbons (Fsp3) is 0.524. The Bertz CT molecular complexity index is 1140. The van der Waals surface area contributed by atoms with Crippen LogP contribution in [0.5, 0.6) is 0 Å². The highest BCUT2D eigenvalue weighted by molar-refractivity contribution is 7.99. The summed E-state index contributed by atoms with van der Waals surface area (Å²) in [5.41, 5.74) is -0.443. The molecule has 0 bridgehead atoms. The minimum Gasteiger partial charge on any atom is -0.416 e. The van der Waals surface area contributed by atoms with Crippen molar-refractivity contribution in [2.75, 3.05) is 24.3 Å². The summed E-state index contributed by atoms with van der Waals surface area (Å²) >= 11 is 7.52. The molecule has 0 spiro atoms. The van der Waals surface area contributed by atoms with E-state index in [1.807, 2.05) is 12.1 Å². The van der Waals surface area contributed by atoms with Crippen molar-refractivity contribution in [2.45, 2.75) is 48.8 Å². The summed E-state index contributed by atoms with van der Waals surface area (Å²) in [6.45, 7) is 0. The number of Topliss-reactive ketones (excluding diaryl/α,β-unsaturated/α-hetero) is 1. The molecule has 2 atom stereocenters. The standard InChI is InChI=1S/C21H24ClN3O5S2/c1-25(21(10-5-4-8-17(21)26)15-6-2-3-7-16(15)22)18(27)12-31-20-24-23-19(30-20)14-9-11-32(28,29)13-14/h2-3,6-7,14H,4-5,8-13H2,1H3/t14-,21-/m1/s1. The Kier molecular flexibility index (Phi) is 6.65. The van der Waals surface area contributed by atoms with Gasteiger partial charge in [0.15, 0.2) is 15.6 Å². The first-order valence-electron chi connectivity index (χ1n) is 10.4. The number of benzene rings is 1. The number of halogens is 1. The molecule has 1 amide bonds. The van der Waals surface area contributed by atoms with Crippen LogP contribution in [0.2, 0.25) is 5.02 Å². The van der Waals surface area contributed by atoms with Gasteiger partial charge in [0.25, 0.3) is 5.22 Å². The van der Waals surface area contributed by atoms with Gasteiger partial charge in [-0.05, 0) is 31.7 Å². The molecule has 2 aliphatic rings. The van der Waals surface area contributed by atoms with Gasteiger partial charge in [0.2, 0.25) is 11.8 Å². The van der Waals surface area contributed by atoms with Gasteiger partial charge in [-0.15, -0.1) is 10.2 Å². The fourth-order valence-corrected chi connectivity index (χ4v) is 7.20. The smallest absolute Gasteiger partial charge is 0.277 e. The van der Waals surface area contributed by atoms with Crippen LogP contribution in [0, 0.1) is 0 Å². The molecule has 0 radical (unpaired) electrons. The monoisotopic (exact) mass is 497 g/mol. The van der Waals surface area contributed by atoms with Crippen molar-refractivity contribution in [3.8, 4) is 0 Å². The Labute approximate surface area is 196 Å². The Morgan fingerprint density at radius 3 is 2.78 bits per heavy atom. The van der Waals surface area contributed by atoms with Crippen molar-refractivity contribution in [1.29, 1.82) is 0 Å². The third-order valence-corrected chi connectivity index (χ3v) is 9.14. The van der Waals surface area contributed by atoms with Crippen LogP contribution in [0.1, 0.15) is 49.5 Å². The van der Waals surface area contributed by atoms with Crippen LogP contribution >= 0.6 is 23.4 Å². The molecular formula is C21H24ClN3O5S2. The minimum absolute atomic E-state index is 0.000577. The van der Waals surface area contributed by atoms with Crippen molar-refractivity contribution >= 4 is 44.9 Å². The van der Waals surface area contributed by atoms with Crippen LogP contribution < -0.4 is 0 Å². The lowest BCUT2D eigenvalue weighted by Gasteiger charge is -2.44. The molecule has 2 fully saturated rings. The molecule has 1 aromatic heterocycles. The molecule has 11 heteroatoms. The second kappa shape index (κ2) is 9.15. The van der Waals surface area contributed by atoms with Gasteiger partial charge in [-0.2, -0.15) is 0 Å². The van der Waals surface area contributed by atoms with Gasteiger partial charge in [-0.25, -0.2) is 8.42 Å². The zero-order valence-corrected chi connectivity index (χ0v) is 20.0. The topological polar surface area (TPSA) is 110 Å². The van der Waals surface area contributed by atoms with Gasteiger partial charge in [0.05, 0.1) is 23.2 Å². The summed E-state index contributed by atoms with van der Waals surface area (Å²) in [5, 5.41) is 8.58. The van der Waals surface area contributed by atoms with Crippen LogP contribution in [0.3, 0.4) is 0 Å². The lowest BCUT2D eigenvalue weighted by Crippen LogP contribution is -2.54. The average Bonchev–Trinajstić information content (AvgIpc) is 3.38. The molecule has 4 rings (SSSR count). The maximum absolute atomic E-state index is 13.1. The molecule has 0 N–H and O–H groups in total. The Balaban J connectivity index is 1.49. The number of aromatic nitrogens is 2. The van der Waals surface area contributed by atoms with E-state index in [-0.39, 0.29) is 46.0 Å². The number of likely N-dealkylation sites (N-methyl/N-ethyl adjacent to an activating group) is 1. The quantitative estimate of drug-likeness (QED) is 0.559. The van der Waals surface area contributed by atoms with Crippen LogP contribution in [0.25, 0.3) is 0 Å². The predicted octanol–water partition coefficient (Wildman–Crippen LogP) is 3.21.